The first-order valence-electron chi connectivity index (χ1n) is 6.38. The van der Waals surface area contributed by atoms with Crippen molar-refractivity contribution in [2.75, 3.05) is 0 Å². The molecule has 2 heteroatoms. The lowest BCUT2D eigenvalue weighted by atomic mass is 9.87. The molecule has 2 atom stereocenters. The first-order valence-corrected chi connectivity index (χ1v) is 7.30. The summed E-state index contributed by atoms with van der Waals surface area (Å²) in [4.78, 5) is 0.581. The Labute approximate surface area is 110 Å². The van der Waals surface area contributed by atoms with E-state index in [1.165, 1.54) is 36.6 Å². The number of halogens is 1. The van der Waals surface area contributed by atoms with E-state index >= 15 is 0 Å². The summed E-state index contributed by atoms with van der Waals surface area (Å²) < 4.78 is 6.00. The van der Waals surface area contributed by atoms with Crippen molar-refractivity contribution in [1.82, 2.24) is 0 Å². The predicted octanol–water partition coefficient (Wildman–Crippen LogP) is 5.16. The second-order valence-electron chi connectivity index (χ2n) is 5.10. The van der Waals surface area contributed by atoms with Crippen LogP contribution >= 0.6 is 15.9 Å². The lowest BCUT2D eigenvalue weighted by molar-refractivity contribution is 0.398. The molecule has 1 nitrogen and oxygen atoms in total. The Balaban J connectivity index is 1.99. The van der Waals surface area contributed by atoms with Crippen molar-refractivity contribution >= 4 is 26.9 Å². The van der Waals surface area contributed by atoms with Crippen molar-refractivity contribution < 1.29 is 4.42 Å². The van der Waals surface area contributed by atoms with Gasteiger partial charge < -0.3 is 4.42 Å². The van der Waals surface area contributed by atoms with Crippen LogP contribution in [0.1, 0.15) is 42.9 Å². The first-order chi connectivity index (χ1) is 8.24. The van der Waals surface area contributed by atoms with Gasteiger partial charge in [0.15, 0.2) is 0 Å². The number of furan rings is 1. The van der Waals surface area contributed by atoms with Crippen molar-refractivity contribution in [3.8, 4) is 0 Å². The predicted molar refractivity (Wildman–Crippen MR) is 74.9 cm³/mol. The molecule has 1 aliphatic rings. The first kappa shape index (κ1) is 11.3. The van der Waals surface area contributed by atoms with Crippen molar-refractivity contribution in [1.29, 1.82) is 0 Å². The van der Waals surface area contributed by atoms with E-state index in [1.807, 2.05) is 0 Å². The Bertz CT molecular complexity index is 529. The Morgan fingerprint density at radius 1 is 1.18 bits per heavy atom. The topological polar surface area (TPSA) is 13.1 Å². The molecule has 1 aliphatic carbocycles. The van der Waals surface area contributed by atoms with Crippen LogP contribution in [-0.4, -0.2) is 4.83 Å². The molecule has 2 aromatic rings. The van der Waals surface area contributed by atoms with Gasteiger partial charge >= 0.3 is 0 Å². The Morgan fingerprint density at radius 2 is 2.00 bits per heavy atom. The SMILES string of the molecule is Cc1ccc2oc(C3CCCCC3Br)cc2c1. The van der Waals surface area contributed by atoms with Gasteiger partial charge in [0.1, 0.15) is 11.3 Å². The van der Waals surface area contributed by atoms with E-state index in [9.17, 15) is 0 Å². The smallest absolute Gasteiger partial charge is 0.134 e. The minimum Gasteiger partial charge on any atom is -0.461 e. The number of rotatable bonds is 1. The van der Waals surface area contributed by atoms with Gasteiger partial charge in [-0.1, -0.05) is 40.4 Å². The fourth-order valence-corrected chi connectivity index (χ4v) is 3.62. The molecule has 0 radical (unpaired) electrons. The second kappa shape index (κ2) is 4.49. The van der Waals surface area contributed by atoms with Crippen molar-refractivity contribution in [2.24, 2.45) is 0 Å². The second-order valence-corrected chi connectivity index (χ2v) is 6.27. The summed E-state index contributed by atoms with van der Waals surface area (Å²) in [5.74, 6) is 1.71. The summed E-state index contributed by atoms with van der Waals surface area (Å²) in [5.41, 5.74) is 2.32. The third kappa shape index (κ3) is 2.15. The van der Waals surface area contributed by atoms with Gasteiger partial charge in [-0.15, -0.1) is 0 Å². The third-order valence-electron chi connectivity index (χ3n) is 3.74. The minimum absolute atomic E-state index is 0.552. The highest BCUT2D eigenvalue weighted by molar-refractivity contribution is 9.09. The quantitative estimate of drug-likeness (QED) is 0.662. The van der Waals surface area contributed by atoms with Gasteiger partial charge in [0, 0.05) is 16.1 Å². The van der Waals surface area contributed by atoms with Gasteiger partial charge in [0.2, 0.25) is 0 Å². The highest BCUT2D eigenvalue weighted by atomic mass is 79.9. The lowest BCUT2D eigenvalue weighted by Gasteiger charge is -2.25. The van der Waals surface area contributed by atoms with Gasteiger partial charge in [0.25, 0.3) is 0 Å². The number of hydrogen-bond acceptors (Lipinski definition) is 1. The maximum atomic E-state index is 6.00. The summed E-state index contributed by atoms with van der Waals surface area (Å²) in [6, 6.07) is 8.63. The molecule has 0 aliphatic heterocycles. The van der Waals surface area contributed by atoms with E-state index in [-0.39, 0.29) is 0 Å². The molecule has 0 bridgehead atoms. The molecular formula is C15H17BrO. The van der Waals surface area contributed by atoms with Crippen LogP contribution in [0.3, 0.4) is 0 Å². The van der Waals surface area contributed by atoms with Gasteiger partial charge in [-0.05, 0) is 38.0 Å². The van der Waals surface area contributed by atoms with Crippen LogP contribution in [-0.2, 0) is 0 Å². The van der Waals surface area contributed by atoms with Crippen LogP contribution in [0.2, 0.25) is 0 Å². The Morgan fingerprint density at radius 3 is 2.82 bits per heavy atom. The standard InChI is InChI=1S/C15H17BrO/c1-10-6-7-14-11(8-10)9-15(17-14)12-4-2-3-5-13(12)16/h6-9,12-13H,2-5H2,1H3. The van der Waals surface area contributed by atoms with Crippen molar-refractivity contribution in [2.45, 2.75) is 43.4 Å². The molecule has 1 fully saturated rings. The molecule has 1 aromatic carbocycles. The molecule has 0 N–H and O–H groups in total. The highest BCUT2D eigenvalue weighted by Crippen LogP contribution is 2.39. The molecule has 2 unspecified atom stereocenters. The van der Waals surface area contributed by atoms with Gasteiger partial charge in [-0.3, -0.25) is 0 Å². The van der Waals surface area contributed by atoms with E-state index in [4.69, 9.17) is 4.42 Å². The fourth-order valence-electron chi connectivity index (χ4n) is 2.77. The van der Waals surface area contributed by atoms with E-state index < -0.39 is 0 Å². The molecule has 3 rings (SSSR count). The zero-order valence-electron chi connectivity index (χ0n) is 10.1. The van der Waals surface area contributed by atoms with Crippen LogP contribution in [0, 0.1) is 6.92 Å². The average Bonchev–Trinajstić information content (AvgIpc) is 2.72. The molecule has 90 valence electrons. The molecule has 1 aromatic heterocycles. The number of fused-ring (bicyclic) bond motifs is 1. The van der Waals surface area contributed by atoms with Crippen LogP contribution in [0.25, 0.3) is 11.0 Å². The maximum absolute atomic E-state index is 6.00. The molecule has 0 spiro atoms. The van der Waals surface area contributed by atoms with Crippen LogP contribution in [0.4, 0.5) is 0 Å². The normalized spacial score (nSPS) is 25.3. The van der Waals surface area contributed by atoms with Crippen LogP contribution < -0.4 is 0 Å². The lowest BCUT2D eigenvalue weighted by Crippen LogP contribution is -2.16. The molecule has 17 heavy (non-hydrogen) atoms. The number of aryl methyl sites for hydroxylation is 1. The monoisotopic (exact) mass is 292 g/mol. The summed E-state index contributed by atoms with van der Waals surface area (Å²) in [5, 5.41) is 1.24. The fraction of sp³-hybridized carbons (Fsp3) is 0.467. The Kier molecular flexibility index (Phi) is 2.99. The highest BCUT2D eigenvalue weighted by Gasteiger charge is 2.27. The summed E-state index contributed by atoms with van der Waals surface area (Å²) >= 11 is 3.80. The average molecular weight is 293 g/mol. The summed E-state index contributed by atoms with van der Waals surface area (Å²) in [6.45, 7) is 2.13. The van der Waals surface area contributed by atoms with Gasteiger partial charge in [0.05, 0.1) is 0 Å². The largest absolute Gasteiger partial charge is 0.461 e. The molecule has 1 heterocycles. The van der Waals surface area contributed by atoms with E-state index in [0.29, 0.717) is 10.7 Å². The zero-order chi connectivity index (χ0) is 11.8. The van der Waals surface area contributed by atoms with E-state index in [1.54, 1.807) is 0 Å². The number of benzene rings is 1. The van der Waals surface area contributed by atoms with E-state index in [2.05, 4.69) is 47.1 Å². The van der Waals surface area contributed by atoms with Crippen molar-refractivity contribution in [3.05, 3.63) is 35.6 Å². The molecule has 0 saturated heterocycles. The molecule has 1 saturated carbocycles. The minimum atomic E-state index is 0.552. The molecular weight excluding hydrogens is 276 g/mol. The van der Waals surface area contributed by atoms with Crippen LogP contribution in [0.5, 0.6) is 0 Å². The zero-order valence-corrected chi connectivity index (χ0v) is 11.7. The summed E-state index contributed by atoms with van der Waals surface area (Å²) in [6.07, 6.45) is 5.17. The van der Waals surface area contributed by atoms with Gasteiger partial charge in [-0.25, -0.2) is 0 Å². The number of alkyl halides is 1. The maximum Gasteiger partial charge on any atom is 0.134 e. The van der Waals surface area contributed by atoms with Gasteiger partial charge in [-0.2, -0.15) is 0 Å². The number of hydrogen-bond donors (Lipinski definition) is 0. The summed E-state index contributed by atoms with van der Waals surface area (Å²) in [7, 11) is 0. The van der Waals surface area contributed by atoms with E-state index in [0.717, 1.165) is 11.3 Å². The Hall–Kier alpha value is -0.760. The van der Waals surface area contributed by atoms with Crippen LogP contribution in [0.15, 0.2) is 28.7 Å². The molecule has 0 amide bonds. The third-order valence-corrected chi connectivity index (χ3v) is 4.83. The van der Waals surface area contributed by atoms with Crippen molar-refractivity contribution in [3.63, 3.8) is 0 Å².